The Balaban J connectivity index is 1.63. The Bertz CT molecular complexity index is 776. The second-order valence-electron chi connectivity index (χ2n) is 5.81. The van der Waals surface area contributed by atoms with Crippen molar-refractivity contribution in [1.82, 2.24) is 9.88 Å². The monoisotopic (exact) mass is 339 g/mol. The van der Waals surface area contributed by atoms with Gasteiger partial charge in [0.15, 0.2) is 0 Å². The Kier molecular flexibility index (Phi) is 5.28. The van der Waals surface area contributed by atoms with E-state index < -0.39 is 5.97 Å². The van der Waals surface area contributed by atoms with Gasteiger partial charge in [-0.25, -0.2) is 9.78 Å². The maximum absolute atomic E-state index is 12.5. The van der Waals surface area contributed by atoms with Crippen molar-refractivity contribution in [3.8, 4) is 0 Å². The summed E-state index contributed by atoms with van der Waals surface area (Å²) >= 11 is 0. The van der Waals surface area contributed by atoms with E-state index in [-0.39, 0.29) is 12.5 Å². The standard InChI is InChI=1S/C19H21N3O3/c1-2-25-19(24)16-8-5-10-20-18(16)21-12-17(23)22-11-9-14-6-3-4-7-15(14)13-22/h3-8,10H,2,9,11-13H2,1H3,(H,20,21). The molecule has 2 heterocycles. The summed E-state index contributed by atoms with van der Waals surface area (Å²) in [5.74, 6) is -0.0980. The minimum Gasteiger partial charge on any atom is -0.462 e. The van der Waals surface area contributed by atoms with Crippen LogP contribution in [0.3, 0.4) is 0 Å². The third-order valence-corrected chi connectivity index (χ3v) is 4.19. The van der Waals surface area contributed by atoms with Gasteiger partial charge in [-0.3, -0.25) is 4.79 Å². The van der Waals surface area contributed by atoms with Crippen LogP contribution in [0.25, 0.3) is 0 Å². The first-order valence-electron chi connectivity index (χ1n) is 8.39. The smallest absolute Gasteiger partial charge is 0.341 e. The average molecular weight is 339 g/mol. The molecule has 0 saturated carbocycles. The lowest BCUT2D eigenvalue weighted by Gasteiger charge is -2.29. The van der Waals surface area contributed by atoms with Crippen LogP contribution in [0.2, 0.25) is 0 Å². The predicted molar refractivity (Wildman–Crippen MR) is 94.2 cm³/mol. The summed E-state index contributed by atoms with van der Waals surface area (Å²) in [7, 11) is 0. The number of carbonyl (C=O) groups excluding carboxylic acids is 2. The Morgan fingerprint density at radius 2 is 2.00 bits per heavy atom. The van der Waals surface area contributed by atoms with Gasteiger partial charge in [0.2, 0.25) is 5.91 Å². The Morgan fingerprint density at radius 1 is 1.20 bits per heavy atom. The van der Waals surface area contributed by atoms with Crippen molar-refractivity contribution >= 4 is 17.7 Å². The Labute approximate surface area is 146 Å². The number of hydrogen-bond acceptors (Lipinski definition) is 5. The zero-order valence-electron chi connectivity index (χ0n) is 14.2. The van der Waals surface area contributed by atoms with E-state index in [9.17, 15) is 9.59 Å². The number of amides is 1. The fourth-order valence-electron chi connectivity index (χ4n) is 2.90. The lowest BCUT2D eigenvalue weighted by atomic mass is 10.00. The molecule has 1 aliphatic heterocycles. The molecule has 2 aromatic rings. The highest BCUT2D eigenvalue weighted by molar-refractivity contribution is 5.95. The molecule has 0 atom stereocenters. The topological polar surface area (TPSA) is 71.5 Å². The number of aromatic nitrogens is 1. The molecular weight excluding hydrogens is 318 g/mol. The van der Waals surface area contributed by atoms with Crippen LogP contribution in [0.15, 0.2) is 42.6 Å². The summed E-state index contributed by atoms with van der Waals surface area (Å²) in [5, 5.41) is 2.97. The van der Waals surface area contributed by atoms with E-state index in [1.165, 1.54) is 11.1 Å². The number of benzene rings is 1. The van der Waals surface area contributed by atoms with Crippen molar-refractivity contribution < 1.29 is 14.3 Å². The van der Waals surface area contributed by atoms with Gasteiger partial charge in [0.1, 0.15) is 11.4 Å². The zero-order valence-corrected chi connectivity index (χ0v) is 14.2. The van der Waals surface area contributed by atoms with Crippen LogP contribution >= 0.6 is 0 Å². The van der Waals surface area contributed by atoms with Crippen LogP contribution in [0, 0.1) is 0 Å². The van der Waals surface area contributed by atoms with Gasteiger partial charge in [-0.2, -0.15) is 0 Å². The molecule has 0 unspecified atom stereocenters. The first-order valence-corrected chi connectivity index (χ1v) is 8.39. The van der Waals surface area contributed by atoms with Crippen LogP contribution in [0.4, 0.5) is 5.82 Å². The van der Waals surface area contributed by atoms with Crippen LogP contribution in [0.5, 0.6) is 0 Å². The van der Waals surface area contributed by atoms with E-state index in [1.54, 1.807) is 25.3 Å². The van der Waals surface area contributed by atoms with Crippen LogP contribution in [-0.2, 0) is 22.5 Å². The molecule has 1 aromatic carbocycles. The predicted octanol–water partition coefficient (Wildman–Crippen LogP) is 2.26. The molecule has 25 heavy (non-hydrogen) atoms. The van der Waals surface area contributed by atoms with Crippen LogP contribution < -0.4 is 5.32 Å². The van der Waals surface area contributed by atoms with Crippen molar-refractivity contribution in [1.29, 1.82) is 0 Å². The highest BCUT2D eigenvalue weighted by Crippen LogP contribution is 2.19. The van der Waals surface area contributed by atoms with Crippen molar-refractivity contribution in [3.63, 3.8) is 0 Å². The molecule has 1 amide bonds. The molecule has 1 N–H and O–H groups in total. The van der Waals surface area contributed by atoms with Gasteiger partial charge in [0.25, 0.3) is 0 Å². The van der Waals surface area contributed by atoms with Crippen molar-refractivity contribution in [2.24, 2.45) is 0 Å². The zero-order chi connectivity index (χ0) is 17.6. The number of hydrogen-bond donors (Lipinski definition) is 1. The average Bonchev–Trinajstić information content (AvgIpc) is 2.66. The number of esters is 1. The number of carbonyl (C=O) groups is 2. The fourth-order valence-corrected chi connectivity index (χ4v) is 2.90. The second-order valence-corrected chi connectivity index (χ2v) is 5.81. The number of fused-ring (bicyclic) bond motifs is 1. The number of ether oxygens (including phenoxy) is 1. The maximum atomic E-state index is 12.5. The molecule has 6 nitrogen and oxygen atoms in total. The van der Waals surface area contributed by atoms with Crippen LogP contribution in [0.1, 0.15) is 28.4 Å². The van der Waals surface area contributed by atoms with Crippen LogP contribution in [-0.4, -0.2) is 41.5 Å². The Hall–Kier alpha value is -2.89. The number of rotatable bonds is 5. The summed E-state index contributed by atoms with van der Waals surface area (Å²) in [6, 6.07) is 11.5. The van der Waals surface area contributed by atoms with E-state index in [0.717, 1.165) is 6.42 Å². The van der Waals surface area contributed by atoms with Gasteiger partial charge in [0, 0.05) is 19.3 Å². The molecule has 0 radical (unpaired) electrons. The van der Waals surface area contributed by atoms with Gasteiger partial charge >= 0.3 is 5.97 Å². The van der Waals surface area contributed by atoms with Crippen molar-refractivity contribution in [2.45, 2.75) is 19.9 Å². The fraction of sp³-hybridized carbons (Fsp3) is 0.316. The SMILES string of the molecule is CCOC(=O)c1cccnc1NCC(=O)N1CCc2ccccc2C1. The molecule has 1 aromatic heterocycles. The quantitative estimate of drug-likeness (QED) is 0.846. The molecule has 1 aliphatic rings. The summed E-state index contributed by atoms with van der Waals surface area (Å²) in [6.07, 6.45) is 2.44. The third kappa shape index (κ3) is 3.96. The second kappa shape index (κ2) is 7.79. The molecule has 0 bridgehead atoms. The summed E-state index contributed by atoms with van der Waals surface area (Å²) in [6.45, 7) is 3.44. The molecule has 0 spiro atoms. The molecule has 0 saturated heterocycles. The molecule has 130 valence electrons. The van der Waals surface area contributed by atoms with E-state index in [2.05, 4.69) is 22.4 Å². The van der Waals surface area contributed by atoms with Gasteiger partial charge in [-0.15, -0.1) is 0 Å². The first kappa shape index (κ1) is 17.0. The number of nitrogens with zero attached hydrogens (tertiary/aromatic N) is 2. The lowest BCUT2D eigenvalue weighted by molar-refractivity contribution is -0.130. The van der Waals surface area contributed by atoms with Gasteiger partial charge in [-0.1, -0.05) is 24.3 Å². The summed E-state index contributed by atoms with van der Waals surface area (Å²) in [5.41, 5.74) is 2.82. The number of pyridine rings is 1. The number of anilines is 1. The van der Waals surface area contributed by atoms with E-state index >= 15 is 0 Å². The normalized spacial score (nSPS) is 13.1. The minimum atomic E-state index is -0.447. The van der Waals surface area contributed by atoms with Crippen molar-refractivity contribution in [3.05, 3.63) is 59.3 Å². The Morgan fingerprint density at radius 3 is 2.80 bits per heavy atom. The van der Waals surface area contributed by atoms with E-state index in [4.69, 9.17) is 4.74 Å². The van der Waals surface area contributed by atoms with E-state index in [1.807, 2.05) is 17.0 Å². The summed E-state index contributed by atoms with van der Waals surface area (Å²) in [4.78, 5) is 30.4. The van der Waals surface area contributed by atoms with Crippen molar-refractivity contribution in [2.75, 3.05) is 25.0 Å². The van der Waals surface area contributed by atoms with Gasteiger partial charge in [-0.05, 0) is 36.6 Å². The van der Waals surface area contributed by atoms with Gasteiger partial charge in [0.05, 0.1) is 13.2 Å². The molecular formula is C19H21N3O3. The molecule has 0 aliphatic carbocycles. The maximum Gasteiger partial charge on any atom is 0.341 e. The molecule has 0 fully saturated rings. The highest BCUT2D eigenvalue weighted by Gasteiger charge is 2.21. The number of nitrogens with one attached hydrogen (secondary N) is 1. The molecule has 3 rings (SSSR count). The minimum absolute atomic E-state index is 0.0186. The third-order valence-electron chi connectivity index (χ3n) is 4.19. The first-order chi connectivity index (χ1) is 12.2. The highest BCUT2D eigenvalue weighted by atomic mass is 16.5. The van der Waals surface area contributed by atoms with E-state index in [0.29, 0.717) is 31.1 Å². The lowest BCUT2D eigenvalue weighted by Crippen LogP contribution is -2.39. The molecule has 6 heteroatoms. The van der Waals surface area contributed by atoms with Gasteiger partial charge < -0.3 is 15.0 Å². The largest absolute Gasteiger partial charge is 0.462 e. The summed E-state index contributed by atoms with van der Waals surface area (Å²) < 4.78 is 5.02.